The second-order valence-corrected chi connectivity index (χ2v) is 9.03. The highest BCUT2D eigenvalue weighted by molar-refractivity contribution is 5.97. The van der Waals surface area contributed by atoms with Crippen LogP contribution in [0.4, 0.5) is 10.6 Å². The molecule has 1 fully saturated rings. The summed E-state index contributed by atoms with van der Waals surface area (Å²) in [6.45, 7) is 3.58. The third-order valence-corrected chi connectivity index (χ3v) is 6.23. The van der Waals surface area contributed by atoms with Gasteiger partial charge in [-0.2, -0.15) is 0 Å². The van der Waals surface area contributed by atoms with Gasteiger partial charge in [-0.25, -0.2) is 24.7 Å². The van der Waals surface area contributed by atoms with Crippen LogP contribution in [0.5, 0.6) is 0 Å². The number of urea groups is 1. The van der Waals surface area contributed by atoms with Crippen molar-refractivity contribution in [2.45, 2.75) is 13.3 Å². The molecular weight excluding hydrogens is 462 g/mol. The minimum absolute atomic E-state index is 0.0157. The van der Waals surface area contributed by atoms with Crippen LogP contribution in [0.25, 0.3) is 28.5 Å². The number of oxazole rings is 1. The van der Waals surface area contributed by atoms with Crippen molar-refractivity contribution in [1.82, 2.24) is 39.5 Å². The van der Waals surface area contributed by atoms with E-state index in [-0.39, 0.29) is 29.4 Å². The van der Waals surface area contributed by atoms with E-state index in [1.165, 1.54) is 12.5 Å². The first-order valence-corrected chi connectivity index (χ1v) is 11.6. The van der Waals surface area contributed by atoms with Crippen LogP contribution < -0.4 is 11.1 Å². The average Bonchev–Trinajstić information content (AvgIpc) is 3.63. The van der Waals surface area contributed by atoms with Gasteiger partial charge in [0.1, 0.15) is 17.6 Å². The Morgan fingerprint density at radius 1 is 1.22 bits per heavy atom. The van der Waals surface area contributed by atoms with Gasteiger partial charge in [0.15, 0.2) is 17.2 Å². The minimum Gasteiger partial charge on any atom is -0.443 e. The number of likely N-dealkylation sites (tertiary alicyclic amines) is 1. The van der Waals surface area contributed by atoms with Gasteiger partial charge in [0, 0.05) is 57.4 Å². The predicted octanol–water partition coefficient (Wildman–Crippen LogP) is 2.07. The molecule has 0 spiro atoms. The molecule has 0 radical (unpaired) electrons. The number of nitrogens with zero attached hydrogens (tertiary/aromatic N) is 7. The summed E-state index contributed by atoms with van der Waals surface area (Å²) in [5.41, 5.74) is 9.37. The van der Waals surface area contributed by atoms with Crippen LogP contribution in [-0.4, -0.2) is 79.8 Å². The Labute approximate surface area is 207 Å². The lowest BCUT2D eigenvalue weighted by molar-refractivity contribution is 0.0943. The van der Waals surface area contributed by atoms with Crippen molar-refractivity contribution in [2.75, 3.05) is 39.5 Å². The zero-order valence-corrected chi connectivity index (χ0v) is 20.3. The number of anilines is 1. The van der Waals surface area contributed by atoms with Gasteiger partial charge in [-0.3, -0.25) is 4.79 Å². The lowest BCUT2D eigenvalue weighted by Gasteiger charge is -2.21. The van der Waals surface area contributed by atoms with Crippen LogP contribution in [0, 0.1) is 12.8 Å². The van der Waals surface area contributed by atoms with Crippen LogP contribution in [0.3, 0.4) is 0 Å². The van der Waals surface area contributed by atoms with Crippen LogP contribution in [0.1, 0.15) is 22.6 Å². The number of imidazole rings is 1. The molecular formula is C24H27N9O3. The molecule has 12 nitrogen and oxygen atoms in total. The summed E-state index contributed by atoms with van der Waals surface area (Å²) in [6.07, 6.45) is 7.40. The molecule has 0 unspecified atom stereocenters. The number of aryl methyl sites for hydroxylation is 1. The summed E-state index contributed by atoms with van der Waals surface area (Å²) in [5, 5.41) is 2.91. The molecule has 5 heterocycles. The SMILES string of the molecule is Cc1cnc2ccc(-c3nc(C(=O)NC[C@@H]4CCN(C(=O)N(C)C)C4)c(N)nc3-c3ncco3)cn12. The molecule has 4 aromatic heterocycles. The summed E-state index contributed by atoms with van der Waals surface area (Å²) < 4.78 is 7.39. The number of nitrogens with one attached hydrogen (secondary N) is 1. The molecule has 1 aliphatic heterocycles. The van der Waals surface area contributed by atoms with Crippen molar-refractivity contribution < 1.29 is 14.0 Å². The van der Waals surface area contributed by atoms with Crippen molar-refractivity contribution in [1.29, 1.82) is 0 Å². The normalized spacial score (nSPS) is 15.4. The molecule has 3 amide bonds. The molecule has 1 aliphatic rings. The van der Waals surface area contributed by atoms with Gasteiger partial charge in [-0.1, -0.05) is 0 Å². The number of carbonyl (C=O) groups excluding carboxylic acids is 2. The monoisotopic (exact) mass is 489 g/mol. The number of hydrogen-bond acceptors (Lipinski definition) is 8. The molecule has 0 bridgehead atoms. The van der Waals surface area contributed by atoms with Crippen molar-refractivity contribution in [3.63, 3.8) is 0 Å². The predicted molar refractivity (Wildman–Crippen MR) is 132 cm³/mol. The Hall–Kier alpha value is -4.48. The summed E-state index contributed by atoms with van der Waals surface area (Å²) in [6, 6.07) is 3.68. The van der Waals surface area contributed by atoms with Gasteiger partial charge in [0.05, 0.1) is 6.20 Å². The molecule has 1 saturated heterocycles. The highest BCUT2D eigenvalue weighted by Gasteiger charge is 2.28. The van der Waals surface area contributed by atoms with Gasteiger partial charge in [-0.05, 0) is 31.4 Å². The third-order valence-electron chi connectivity index (χ3n) is 6.23. The molecule has 12 heteroatoms. The maximum absolute atomic E-state index is 13.1. The second kappa shape index (κ2) is 9.29. The molecule has 0 saturated carbocycles. The Morgan fingerprint density at radius 2 is 2.06 bits per heavy atom. The van der Waals surface area contributed by atoms with E-state index in [0.29, 0.717) is 36.6 Å². The highest BCUT2D eigenvalue weighted by Crippen LogP contribution is 2.30. The fraction of sp³-hybridized carbons (Fsp3) is 0.333. The second-order valence-electron chi connectivity index (χ2n) is 9.03. The Bertz CT molecular complexity index is 1430. The first kappa shape index (κ1) is 23.3. The first-order chi connectivity index (χ1) is 17.3. The molecule has 5 rings (SSSR count). The fourth-order valence-corrected chi connectivity index (χ4v) is 4.33. The van der Waals surface area contributed by atoms with E-state index in [2.05, 4.69) is 25.3 Å². The maximum atomic E-state index is 13.1. The Balaban J connectivity index is 1.43. The number of pyridine rings is 1. The Kier molecular flexibility index (Phi) is 6.00. The topological polar surface area (TPSA) is 148 Å². The fourth-order valence-electron chi connectivity index (χ4n) is 4.33. The molecule has 0 aromatic carbocycles. The van der Waals surface area contributed by atoms with E-state index >= 15 is 0 Å². The van der Waals surface area contributed by atoms with Crippen molar-refractivity contribution in [3.8, 4) is 22.8 Å². The summed E-state index contributed by atoms with van der Waals surface area (Å²) in [7, 11) is 3.45. The smallest absolute Gasteiger partial charge is 0.319 e. The van der Waals surface area contributed by atoms with E-state index in [9.17, 15) is 9.59 Å². The number of rotatable bonds is 5. The molecule has 4 aromatic rings. The van der Waals surface area contributed by atoms with E-state index in [4.69, 9.17) is 10.2 Å². The zero-order valence-electron chi connectivity index (χ0n) is 20.3. The lowest BCUT2D eigenvalue weighted by Crippen LogP contribution is -2.38. The van der Waals surface area contributed by atoms with E-state index < -0.39 is 5.91 Å². The third kappa shape index (κ3) is 4.32. The summed E-state index contributed by atoms with van der Waals surface area (Å²) >= 11 is 0. The summed E-state index contributed by atoms with van der Waals surface area (Å²) in [4.78, 5) is 46.3. The van der Waals surface area contributed by atoms with Crippen LogP contribution in [0.2, 0.25) is 0 Å². The number of nitrogens with two attached hydrogens (primary N) is 1. The first-order valence-electron chi connectivity index (χ1n) is 11.6. The van der Waals surface area contributed by atoms with Gasteiger partial charge < -0.3 is 29.7 Å². The minimum atomic E-state index is -0.433. The van der Waals surface area contributed by atoms with Gasteiger partial charge >= 0.3 is 6.03 Å². The number of carbonyl (C=O) groups is 2. The number of fused-ring (bicyclic) bond motifs is 1. The highest BCUT2D eigenvalue weighted by atomic mass is 16.3. The number of amides is 3. The summed E-state index contributed by atoms with van der Waals surface area (Å²) in [5.74, 6) is -0.0717. The molecule has 36 heavy (non-hydrogen) atoms. The van der Waals surface area contributed by atoms with Gasteiger partial charge in [0.2, 0.25) is 5.89 Å². The van der Waals surface area contributed by atoms with Gasteiger partial charge in [0.25, 0.3) is 5.91 Å². The molecule has 1 atom stereocenters. The quantitative estimate of drug-likeness (QED) is 0.433. The van der Waals surface area contributed by atoms with Crippen LogP contribution >= 0.6 is 0 Å². The van der Waals surface area contributed by atoms with E-state index in [1.807, 2.05) is 29.7 Å². The molecule has 186 valence electrons. The number of aromatic nitrogens is 5. The molecule has 0 aliphatic carbocycles. The average molecular weight is 490 g/mol. The zero-order chi connectivity index (χ0) is 25.4. The number of hydrogen-bond donors (Lipinski definition) is 2. The molecule has 3 N–H and O–H groups in total. The van der Waals surface area contributed by atoms with E-state index in [0.717, 1.165) is 17.8 Å². The van der Waals surface area contributed by atoms with Crippen molar-refractivity contribution in [3.05, 3.63) is 48.4 Å². The van der Waals surface area contributed by atoms with E-state index in [1.54, 1.807) is 30.1 Å². The number of nitrogen functional groups attached to an aromatic ring is 1. The standard InChI is InChI=1S/C24H27N9O3/c1-14-10-27-17-5-4-16(13-33(14)17)18-19(23-26-7-9-36-23)30-21(25)20(29-18)22(34)28-11-15-6-8-32(12-15)24(35)31(2)3/h4-5,7,9-10,13,15H,6,8,11-12H2,1-3H3,(H2,25,30)(H,28,34)/t15-/m0/s1. The largest absolute Gasteiger partial charge is 0.443 e. The van der Waals surface area contributed by atoms with Crippen LogP contribution in [0.15, 0.2) is 41.4 Å². The lowest BCUT2D eigenvalue weighted by atomic mass is 10.1. The maximum Gasteiger partial charge on any atom is 0.319 e. The van der Waals surface area contributed by atoms with Crippen molar-refractivity contribution >= 4 is 23.4 Å². The van der Waals surface area contributed by atoms with Crippen LogP contribution in [-0.2, 0) is 0 Å². The van der Waals surface area contributed by atoms with Crippen molar-refractivity contribution in [2.24, 2.45) is 5.92 Å². The van der Waals surface area contributed by atoms with Gasteiger partial charge in [-0.15, -0.1) is 0 Å². The Morgan fingerprint density at radius 3 is 2.81 bits per heavy atom.